The molecule has 2 rings (SSSR count). The average Bonchev–Trinajstić information content (AvgIpc) is 2.91. The molecule has 2 aromatic rings. The lowest BCUT2D eigenvalue weighted by molar-refractivity contribution is 0.754. The van der Waals surface area contributed by atoms with Crippen molar-refractivity contribution in [3.8, 4) is 0 Å². The summed E-state index contributed by atoms with van der Waals surface area (Å²) >= 11 is 6.73. The monoisotopic (exact) mass is 276 g/mol. The first-order chi connectivity index (χ1) is 8.59. The molecular weight excluding hydrogens is 260 g/mol. The van der Waals surface area contributed by atoms with Crippen LogP contribution in [0.25, 0.3) is 0 Å². The Morgan fingerprint density at radius 3 is 2.44 bits per heavy atom. The minimum absolute atomic E-state index is 0.362. The third-order valence-electron chi connectivity index (χ3n) is 3.09. The molecule has 0 aliphatic heterocycles. The summed E-state index contributed by atoms with van der Waals surface area (Å²) in [7, 11) is 2.10. The molecule has 0 spiro atoms. The fourth-order valence-electron chi connectivity index (χ4n) is 1.80. The average molecular weight is 276 g/mol. The van der Waals surface area contributed by atoms with Crippen LogP contribution in [0, 0.1) is 0 Å². The number of hydrogen-bond donors (Lipinski definition) is 1. The van der Waals surface area contributed by atoms with Gasteiger partial charge in [-0.3, -0.25) is 0 Å². The van der Waals surface area contributed by atoms with Crippen LogP contribution in [-0.2, 0) is 0 Å². The number of rotatable bonds is 4. The lowest BCUT2D eigenvalue weighted by atomic mass is 10.1. The van der Waals surface area contributed by atoms with Gasteiger partial charge in [-0.1, -0.05) is 18.3 Å². The smallest absolute Gasteiger partial charge is 0.103 e. The summed E-state index contributed by atoms with van der Waals surface area (Å²) in [5.74, 6) is 0. The van der Waals surface area contributed by atoms with E-state index in [1.807, 2.05) is 12.1 Å². The molecule has 0 radical (unpaired) electrons. The van der Waals surface area contributed by atoms with Crippen molar-refractivity contribution in [1.29, 1.82) is 0 Å². The van der Waals surface area contributed by atoms with Crippen molar-refractivity contribution in [3.63, 3.8) is 0 Å². The highest BCUT2D eigenvalue weighted by atomic mass is 32.1. The zero-order valence-corrected chi connectivity index (χ0v) is 12.1. The zero-order valence-electron chi connectivity index (χ0n) is 10.5. The van der Waals surface area contributed by atoms with Crippen LogP contribution in [0.3, 0.4) is 0 Å². The van der Waals surface area contributed by atoms with Crippen LogP contribution >= 0.6 is 23.6 Å². The van der Waals surface area contributed by atoms with Gasteiger partial charge in [0, 0.05) is 23.2 Å². The van der Waals surface area contributed by atoms with Gasteiger partial charge < -0.3 is 10.6 Å². The van der Waals surface area contributed by atoms with E-state index in [9.17, 15) is 0 Å². The molecule has 0 aliphatic rings. The van der Waals surface area contributed by atoms with Crippen LogP contribution in [0.2, 0.25) is 0 Å². The summed E-state index contributed by atoms with van der Waals surface area (Å²) in [5, 5.41) is 2.11. The molecule has 2 nitrogen and oxygen atoms in total. The predicted octanol–water partition coefficient (Wildman–Crippen LogP) is 3.58. The SMILES string of the molecule is CC(c1cccs1)N(C)c1ccc(C(N)=S)cc1. The van der Waals surface area contributed by atoms with Gasteiger partial charge >= 0.3 is 0 Å². The Labute approximate surface area is 117 Å². The molecule has 1 unspecified atom stereocenters. The van der Waals surface area contributed by atoms with E-state index < -0.39 is 0 Å². The first kappa shape index (κ1) is 13.1. The second-order valence-corrected chi connectivity index (χ2v) is 5.63. The lowest BCUT2D eigenvalue weighted by Crippen LogP contribution is -2.21. The summed E-state index contributed by atoms with van der Waals surface area (Å²) in [6, 6.07) is 12.7. The van der Waals surface area contributed by atoms with Crippen molar-refractivity contribution in [2.75, 3.05) is 11.9 Å². The Hall–Kier alpha value is -1.39. The number of nitrogens with zero attached hydrogens (tertiary/aromatic N) is 1. The maximum absolute atomic E-state index is 5.60. The predicted molar refractivity (Wildman–Crippen MR) is 83.5 cm³/mol. The summed E-state index contributed by atoms with van der Waals surface area (Å²) in [6.07, 6.45) is 0. The Balaban J connectivity index is 2.18. The highest BCUT2D eigenvalue weighted by molar-refractivity contribution is 7.80. The minimum atomic E-state index is 0.362. The maximum Gasteiger partial charge on any atom is 0.103 e. The van der Waals surface area contributed by atoms with Gasteiger partial charge in [0.25, 0.3) is 0 Å². The molecule has 18 heavy (non-hydrogen) atoms. The van der Waals surface area contributed by atoms with E-state index in [-0.39, 0.29) is 0 Å². The number of thiocarbonyl (C=S) groups is 1. The summed E-state index contributed by atoms with van der Waals surface area (Å²) in [6.45, 7) is 2.20. The van der Waals surface area contributed by atoms with Crippen molar-refractivity contribution in [2.45, 2.75) is 13.0 Å². The minimum Gasteiger partial charge on any atom is -0.389 e. The van der Waals surface area contributed by atoms with Crippen LogP contribution in [0.15, 0.2) is 41.8 Å². The molecule has 1 atom stereocenters. The van der Waals surface area contributed by atoms with Crippen molar-refractivity contribution >= 4 is 34.2 Å². The van der Waals surface area contributed by atoms with Gasteiger partial charge in [-0.2, -0.15) is 0 Å². The van der Waals surface area contributed by atoms with E-state index in [1.54, 1.807) is 11.3 Å². The van der Waals surface area contributed by atoms with Gasteiger partial charge in [0.05, 0.1) is 6.04 Å². The third-order valence-corrected chi connectivity index (χ3v) is 4.37. The van der Waals surface area contributed by atoms with Gasteiger partial charge in [-0.05, 0) is 42.6 Å². The summed E-state index contributed by atoms with van der Waals surface area (Å²) in [5.41, 5.74) is 7.67. The normalized spacial score (nSPS) is 12.1. The molecule has 0 fully saturated rings. The molecule has 0 saturated carbocycles. The Morgan fingerprint density at radius 1 is 1.28 bits per heavy atom. The Morgan fingerprint density at radius 2 is 1.94 bits per heavy atom. The fourth-order valence-corrected chi connectivity index (χ4v) is 2.77. The van der Waals surface area contributed by atoms with Crippen LogP contribution < -0.4 is 10.6 Å². The van der Waals surface area contributed by atoms with E-state index >= 15 is 0 Å². The molecule has 0 saturated heterocycles. The molecule has 0 bridgehead atoms. The number of thiophene rings is 1. The topological polar surface area (TPSA) is 29.3 Å². The third kappa shape index (κ3) is 2.71. The molecule has 94 valence electrons. The molecule has 1 aromatic carbocycles. The first-order valence-corrected chi connectivity index (χ1v) is 7.04. The molecule has 1 aromatic heterocycles. The summed E-state index contributed by atoms with van der Waals surface area (Å²) < 4.78 is 0. The van der Waals surface area contributed by atoms with Crippen LogP contribution in [-0.4, -0.2) is 12.0 Å². The first-order valence-electron chi connectivity index (χ1n) is 5.75. The Bertz CT molecular complexity index is 517. The second-order valence-electron chi connectivity index (χ2n) is 4.21. The maximum atomic E-state index is 5.60. The van der Waals surface area contributed by atoms with E-state index in [0.29, 0.717) is 11.0 Å². The molecule has 2 N–H and O–H groups in total. The zero-order chi connectivity index (χ0) is 13.1. The van der Waals surface area contributed by atoms with Gasteiger partial charge in [-0.15, -0.1) is 11.3 Å². The van der Waals surface area contributed by atoms with Gasteiger partial charge in [-0.25, -0.2) is 0 Å². The van der Waals surface area contributed by atoms with E-state index in [2.05, 4.69) is 48.5 Å². The van der Waals surface area contributed by atoms with E-state index in [0.717, 1.165) is 11.3 Å². The van der Waals surface area contributed by atoms with Gasteiger partial charge in [0.1, 0.15) is 4.99 Å². The van der Waals surface area contributed by atoms with Gasteiger partial charge in [0.15, 0.2) is 0 Å². The van der Waals surface area contributed by atoms with Crippen molar-refractivity contribution in [1.82, 2.24) is 0 Å². The number of anilines is 1. The summed E-state index contributed by atoms with van der Waals surface area (Å²) in [4.78, 5) is 4.04. The van der Waals surface area contributed by atoms with E-state index in [4.69, 9.17) is 18.0 Å². The molecule has 0 amide bonds. The van der Waals surface area contributed by atoms with E-state index in [1.165, 1.54) is 4.88 Å². The molecule has 4 heteroatoms. The highest BCUT2D eigenvalue weighted by Crippen LogP contribution is 2.28. The Kier molecular flexibility index (Phi) is 3.99. The lowest BCUT2D eigenvalue weighted by Gasteiger charge is -2.26. The quantitative estimate of drug-likeness (QED) is 0.866. The van der Waals surface area contributed by atoms with Crippen LogP contribution in [0.5, 0.6) is 0 Å². The molecule has 0 aliphatic carbocycles. The van der Waals surface area contributed by atoms with Crippen LogP contribution in [0.1, 0.15) is 23.4 Å². The molecular formula is C14H16N2S2. The highest BCUT2D eigenvalue weighted by Gasteiger charge is 2.13. The van der Waals surface area contributed by atoms with Crippen LogP contribution in [0.4, 0.5) is 5.69 Å². The number of nitrogens with two attached hydrogens (primary N) is 1. The standard InChI is InChI=1S/C14H16N2S2/c1-10(13-4-3-9-18-13)16(2)12-7-5-11(6-8-12)14(15)17/h3-10H,1-2H3,(H2,15,17). The number of hydrogen-bond acceptors (Lipinski definition) is 3. The fraction of sp³-hybridized carbons (Fsp3) is 0.214. The van der Waals surface area contributed by atoms with Crippen molar-refractivity contribution in [2.24, 2.45) is 5.73 Å². The largest absolute Gasteiger partial charge is 0.389 e. The van der Waals surface area contributed by atoms with Gasteiger partial charge in [0.2, 0.25) is 0 Å². The molecule has 1 heterocycles. The second kappa shape index (κ2) is 5.50. The number of benzene rings is 1. The van der Waals surface area contributed by atoms with Crippen molar-refractivity contribution in [3.05, 3.63) is 52.2 Å². The van der Waals surface area contributed by atoms with Crippen molar-refractivity contribution < 1.29 is 0 Å².